The average molecular weight is 549 g/mol. The Hall–Kier alpha value is -2.19. The zero-order valence-electron chi connectivity index (χ0n) is 21.2. The number of hydrogen-bond acceptors (Lipinski definition) is 5. The van der Waals surface area contributed by atoms with Crippen molar-refractivity contribution in [2.75, 3.05) is 0 Å². The average Bonchev–Trinajstić information content (AvgIpc) is 3.23. The molecule has 1 spiro atoms. The molecule has 0 bridgehead atoms. The lowest BCUT2D eigenvalue weighted by Crippen LogP contribution is -2.57. The molecule has 37 heavy (non-hydrogen) atoms. The van der Waals surface area contributed by atoms with Crippen LogP contribution in [0.3, 0.4) is 0 Å². The minimum Gasteiger partial charge on any atom is -0.425 e. The lowest BCUT2D eigenvalue weighted by Gasteiger charge is -2.42. The smallest absolute Gasteiger partial charge is 0.324 e. The first-order valence-corrected chi connectivity index (χ1v) is 13.2. The first-order valence-electron chi connectivity index (χ1n) is 12.5. The molecule has 1 saturated heterocycles. The SMILES string of the molecule is CC(C)(C)C[C@H]1N[C@@H](C(=O)NC2CC(C)(O)C2)[C@H](c2cccc(Cl)c2F)[C@@]12C(=O)Oc1cc(Cl)ccc12. The normalized spacial score (nSPS) is 32.7. The fourth-order valence-electron chi connectivity index (χ4n) is 6.40. The van der Waals surface area contributed by atoms with Gasteiger partial charge in [0.2, 0.25) is 5.91 Å². The van der Waals surface area contributed by atoms with Gasteiger partial charge in [0.05, 0.1) is 16.7 Å². The molecule has 5 rings (SSSR count). The van der Waals surface area contributed by atoms with Crippen LogP contribution >= 0.6 is 23.2 Å². The highest BCUT2D eigenvalue weighted by molar-refractivity contribution is 6.31. The van der Waals surface area contributed by atoms with E-state index >= 15 is 4.39 Å². The second-order valence-corrected chi connectivity index (χ2v) is 12.9. The molecule has 9 heteroatoms. The van der Waals surface area contributed by atoms with Crippen molar-refractivity contribution in [3.05, 3.63) is 63.4 Å². The van der Waals surface area contributed by atoms with E-state index in [2.05, 4.69) is 10.6 Å². The summed E-state index contributed by atoms with van der Waals surface area (Å²) >= 11 is 12.4. The summed E-state index contributed by atoms with van der Waals surface area (Å²) < 4.78 is 21.5. The number of aliphatic hydroxyl groups is 1. The van der Waals surface area contributed by atoms with Gasteiger partial charge in [-0.05, 0) is 55.4 Å². The predicted molar refractivity (Wildman–Crippen MR) is 139 cm³/mol. The van der Waals surface area contributed by atoms with E-state index in [9.17, 15) is 14.7 Å². The summed E-state index contributed by atoms with van der Waals surface area (Å²) in [5.41, 5.74) is -1.74. The van der Waals surface area contributed by atoms with Crippen molar-refractivity contribution >= 4 is 35.1 Å². The van der Waals surface area contributed by atoms with Gasteiger partial charge >= 0.3 is 5.97 Å². The van der Waals surface area contributed by atoms with Gasteiger partial charge in [0.25, 0.3) is 0 Å². The van der Waals surface area contributed by atoms with E-state index in [-0.39, 0.29) is 28.0 Å². The number of amides is 1. The molecule has 0 aromatic heterocycles. The van der Waals surface area contributed by atoms with Crippen LogP contribution < -0.4 is 15.4 Å². The zero-order valence-corrected chi connectivity index (χ0v) is 22.7. The Morgan fingerprint density at radius 3 is 2.59 bits per heavy atom. The van der Waals surface area contributed by atoms with E-state index in [1.807, 2.05) is 20.8 Å². The Morgan fingerprint density at radius 1 is 1.24 bits per heavy atom. The number of carbonyl (C=O) groups is 2. The van der Waals surface area contributed by atoms with Gasteiger partial charge < -0.3 is 20.5 Å². The Balaban J connectivity index is 1.69. The second kappa shape index (κ2) is 8.94. The minimum atomic E-state index is -1.40. The maximum atomic E-state index is 15.7. The lowest BCUT2D eigenvalue weighted by atomic mass is 9.62. The van der Waals surface area contributed by atoms with Crippen molar-refractivity contribution in [1.29, 1.82) is 0 Å². The highest BCUT2D eigenvalue weighted by atomic mass is 35.5. The molecule has 0 radical (unpaired) electrons. The van der Waals surface area contributed by atoms with Gasteiger partial charge in [0, 0.05) is 28.6 Å². The highest BCUT2D eigenvalue weighted by Gasteiger charge is 2.67. The van der Waals surface area contributed by atoms with Gasteiger partial charge in [-0.2, -0.15) is 0 Å². The first kappa shape index (κ1) is 26.4. The molecule has 0 unspecified atom stereocenters. The van der Waals surface area contributed by atoms with Crippen molar-refractivity contribution in [3.8, 4) is 5.75 Å². The highest BCUT2D eigenvalue weighted by Crippen LogP contribution is 2.58. The van der Waals surface area contributed by atoms with Gasteiger partial charge in [0.1, 0.15) is 17.0 Å². The first-order chi connectivity index (χ1) is 17.2. The number of esters is 1. The van der Waals surface area contributed by atoms with Crippen molar-refractivity contribution in [1.82, 2.24) is 10.6 Å². The Kier molecular flexibility index (Phi) is 6.38. The number of fused-ring (bicyclic) bond motifs is 2. The third kappa shape index (κ3) is 4.44. The number of halogens is 3. The fraction of sp³-hybridized carbons (Fsp3) is 0.500. The standard InChI is InChI=1S/C28H31Cl2FN2O4/c1-26(2,3)13-20-28(17-9-8-14(29)10-19(17)37-25(28)35)21(16-6-5-7-18(30)22(16)31)23(33-20)24(34)32-15-11-27(4,36)12-15/h5-10,15,20-21,23,33,36H,11-13H2,1-4H3,(H,32,34)/t15?,20-,21+,23-,27?,28+/m1/s1. The summed E-state index contributed by atoms with van der Waals surface area (Å²) in [4.78, 5) is 27.7. The molecule has 6 nitrogen and oxygen atoms in total. The van der Waals surface area contributed by atoms with Crippen LogP contribution in [0.25, 0.3) is 0 Å². The Morgan fingerprint density at radius 2 is 1.95 bits per heavy atom. The van der Waals surface area contributed by atoms with Crippen LogP contribution in [0.1, 0.15) is 64.0 Å². The summed E-state index contributed by atoms with van der Waals surface area (Å²) in [7, 11) is 0. The summed E-state index contributed by atoms with van der Waals surface area (Å²) in [6, 6.07) is 7.89. The molecule has 1 saturated carbocycles. The van der Waals surface area contributed by atoms with E-state index < -0.39 is 40.8 Å². The van der Waals surface area contributed by atoms with Gasteiger partial charge in [0.15, 0.2) is 0 Å². The minimum absolute atomic E-state index is 0.0937. The molecule has 2 fully saturated rings. The number of rotatable bonds is 4. The molecule has 1 amide bonds. The van der Waals surface area contributed by atoms with Crippen molar-refractivity contribution in [2.45, 2.75) is 82.0 Å². The van der Waals surface area contributed by atoms with Crippen LogP contribution in [0, 0.1) is 11.2 Å². The van der Waals surface area contributed by atoms with E-state index in [1.54, 1.807) is 37.3 Å². The van der Waals surface area contributed by atoms with Crippen LogP contribution in [0.15, 0.2) is 36.4 Å². The number of benzene rings is 2. The van der Waals surface area contributed by atoms with Crippen LogP contribution in [0.2, 0.25) is 10.0 Å². The van der Waals surface area contributed by atoms with E-state index in [4.69, 9.17) is 27.9 Å². The molecular formula is C28H31Cl2FN2O4. The van der Waals surface area contributed by atoms with Crippen molar-refractivity contribution < 1.29 is 23.8 Å². The predicted octanol–water partition coefficient (Wildman–Crippen LogP) is 4.88. The van der Waals surface area contributed by atoms with Crippen LogP contribution in [0.5, 0.6) is 5.75 Å². The molecule has 3 aliphatic rings. The van der Waals surface area contributed by atoms with E-state index in [1.165, 1.54) is 6.07 Å². The van der Waals surface area contributed by atoms with E-state index in [0.717, 1.165) is 0 Å². The summed E-state index contributed by atoms with van der Waals surface area (Å²) in [5, 5.41) is 16.9. The van der Waals surface area contributed by atoms with Gasteiger partial charge in [-0.15, -0.1) is 0 Å². The maximum Gasteiger partial charge on any atom is 0.324 e. The summed E-state index contributed by atoms with van der Waals surface area (Å²) in [5.74, 6) is -2.24. The fourth-order valence-corrected chi connectivity index (χ4v) is 6.75. The molecule has 198 valence electrons. The molecule has 2 aromatic rings. The van der Waals surface area contributed by atoms with Crippen LogP contribution in [0.4, 0.5) is 4.39 Å². The molecule has 1 aliphatic carbocycles. The number of carbonyl (C=O) groups excluding carboxylic acids is 2. The molecule has 2 aliphatic heterocycles. The van der Waals surface area contributed by atoms with Gasteiger partial charge in [-0.3, -0.25) is 9.59 Å². The molecule has 4 atom stereocenters. The maximum absolute atomic E-state index is 15.7. The second-order valence-electron chi connectivity index (χ2n) is 12.1. The number of hydrogen-bond donors (Lipinski definition) is 3. The van der Waals surface area contributed by atoms with Crippen molar-refractivity contribution in [3.63, 3.8) is 0 Å². The molecule has 3 N–H and O–H groups in total. The third-order valence-electron chi connectivity index (χ3n) is 7.82. The topological polar surface area (TPSA) is 87.7 Å². The molecule has 2 heterocycles. The van der Waals surface area contributed by atoms with Crippen LogP contribution in [-0.4, -0.2) is 40.7 Å². The lowest BCUT2D eigenvalue weighted by molar-refractivity contribution is -0.139. The Labute approximate surface area is 225 Å². The van der Waals surface area contributed by atoms with Gasteiger partial charge in [-0.1, -0.05) is 62.2 Å². The largest absolute Gasteiger partial charge is 0.425 e. The zero-order chi connectivity index (χ0) is 26.9. The third-order valence-corrected chi connectivity index (χ3v) is 8.35. The quantitative estimate of drug-likeness (QED) is 0.374. The number of nitrogens with one attached hydrogen (secondary N) is 2. The summed E-state index contributed by atoms with van der Waals surface area (Å²) in [6.45, 7) is 7.86. The van der Waals surface area contributed by atoms with Gasteiger partial charge in [-0.25, -0.2) is 4.39 Å². The number of ether oxygens (including phenoxy) is 1. The summed E-state index contributed by atoms with van der Waals surface area (Å²) in [6.07, 6.45) is 1.34. The van der Waals surface area contributed by atoms with Crippen molar-refractivity contribution in [2.24, 2.45) is 5.41 Å². The van der Waals surface area contributed by atoms with Crippen LogP contribution in [-0.2, 0) is 15.0 Å². The Bertz CT molecular complexity index is 1270. The molecular weight excluding hydrogens is 518 g/mol. The van der Waals surface area contributed by atoms with E-state index in [0.29, 0.717) is 35.6 Å². The molecule has 2 aromatic carbocycles. The monoisotopic (exact) mass is 548 g/mol.